The maximum atomic E-state index is 6.56. The first-order valence-electron chi connectivity index (χ1n) is 9.78. The number of hydrogen-bond donors (Lipinski definition) is 0. The molecular weight excluding hydrogens is 336 g/mol. The Morgan fingerprint density at radius 3 is 2.23 bits per heavy atom. The SMILES string of the molecule is CC(OCc1ccccc1)[C@@H]1O[C@H](C[Si](C)(C)C)C[C@H]1c1ccccc1. The molecule has 0 spiro atoms. The van der Waals surface area contributed by atoms with Crippen molar-refractivity contribution in [1.29, 1.82) is 0 Å². The Balaban J connectivity index is 1.70. The van der Waals surface area contributed by atoms with E-state index in [4.69, 9.17) is 9.47 Å². The van der Waals surface area contributed by atoms with Crippen molar-refractivity contribution in [1.82, 2.24) is 0 Å². The van der Waals surface area contributed by atoms with Crippen LogP contribution in [0.15, 0.2) is 60.7 Å². The second-order valence-electron chi connectivity index (χ2n) is 8.74. The van der Waals surface area contributed by atoms with E-state index in [1.165, 1.54) is 17.2 Å². The van der Waals surface area contributed by atoms with Crippen LogP contribution >= 0.6 is 0 Å². The van der Waals surface area contributed by atoms with Crippen LogP contribution in [-0.4, -0.2) is 26.4 Å². The van der Waals surface area contributed by atoms with Gasteiger partial charge in [-0.15, -0.1) is 0 Å². The van der Waals surface area contributed by atoms with Crippen LogP contribution in [0.3, 0.4) is 0 Å². The molecular formula is C23H32O2Si. The van der Waals surface area contributed by atoms with Gasteiger partial charge in [0.2, 0.25) is 0 Å². The van der Waals surface area contributed by atoms with E-state index in [0.717, 1.165) is 6.42 Å². The summed E-state index contributed by atoms with van der Waals surface area (Å²) in [5, 5.41) is 0. The highest BCUT2D eigenvalue weighted by Crippen LogP contribution is 2.40. The molecule has 1 saturated heterocycles. The lowest BCUT2D eigenvalue weighted by atomic mass is 9.89. The maximum Gasteiger partial charge on any atom is 0.0906 e. The number of ether oxygens (including phenoxy) is 2. The van der Waals surface area contributed by atoms with Gasteiger partial charge in [0, 0.05) is 14.0 Å². The third-order valence-electron chi connectivity index (χ3n) is 5.15. The predicted molar refractivity (Wildman–Crippen MR) is 111 cm³/mol. The predicted octanol–water partition coefficient (Wildman–Crippen LogP) is 5.87. The van der Waals surface area contributed by atoms with Gasteiger partial charge in [-0.05, 0) is 30.5 Å². The Bertz CT molecular complexity index is 666. The molecule has 2 aromatic carbocycles. The average Bonchev–Trinajstić information content (AvgIpc) is 3.03. The van der Waals surface area contributed by atoms with Crippen LogP contribution in [0.4, 0.5) is 0 Å². The van der Waals surface area contributed by atoms with Gasteiger partial charge >= 0.3 is 0 Å². The van der Waals surface area contributed by atoms with Crippen molar-refractivity contribution in [3.05, 3.63) is 71.8 Å². The van der Waals surface area contributed by atoms with E-state index < -0.39 is 8.07 Å². The minimum Gasteiger partial charge on any atom is -0.372 e. The standard InChI is InChI=1S/C23H32O2Si/c1-18(24-16-19-11-7-5-8-12-19)23-22(20-13-9-6-10-14-20)15-21(25-23)17-26(2,3)4/h5-14,18,21-23H,15-17H2,1-4H3/t18?,21-,22-,23-/m0/s1. The fourth-order valence-electron chi connectivity index (χ4n) is 3.96. The van der Waals surface area contributed by atoms with Crippen LogP contribution in [0.25, 0.3) is 0 Å². The van der Waals surface area contributed by atoms with Gasteiger partial charge in [0.15, 0.2) is 0 Å². The topological polar surface area (TPSA) is 18.5 Å². The van der Waals surface area contributed by atoms with Gasteiger partial charge in [-0.3, -0.25) is 0 Å². The summed E-state index contributed by atoms with van der Waals surface area (Å²) >= 11 is 0. The van der Waals surface area contributed by atoms with Crippen LogP contribution in [-0.2, 0) is 16.1 Å². The van der Waals surface area contributed by atoms with Gasteiger partial charge in [0.25, 0.3) is 0 Å². The summed E-state index contributed by atoms with van der Waals surface area (Å²) in [5.74, 6) is 0.420. The molecule has 0 aliphatic carbocycles. The lowest BCUT2D eigenvalue weighted by Crippen LogP contribution is -2.32. The highest BCUT2D eigenvalue weighted by atomic mass is 28.3. The lowest BCUT2D eigenvalue weighted by Gasteiger charge is -2.26. The van der Waals surface area contributed by atoms with Crippen LogP contribution < -0.4 is 0 Å². The second-order valence-corrected chi connectivity index (χ2v) is 14.3. The molecule has 1 unspecified atom stereocenters. The summed E-state index contributed by atoms with van der Waals surface area (Å²) in [4.78, 5) is 0. The van der Waals surface area contributed by atoms with Crippen molar-refractivity contribution in [2.24, 2.45) is 0 Å². The number of rotatable bonds is 7. The molecule has 3 rings (SSSR count). The summed E-state index contributed by atoms with van der Waals surface area (Å²) in [6.45, 7) is 10.1. The molecule has 0 N–H and O–H groups in total. The summed E-state index contributed by atoms with van der Waals surface area (Å²) < 4.78 is 12.8. The first-order chi connectivity index (χ1) is 12.4. The van der Waals surface area contributed by atoms with Gasteiger partial charge in [-0.2, -0.15) is 0 Å². The fraction of sp³-hybridized carbons (Fsp3) is 0.478. The zero-order chi connectivity index (χ0) is 18.6. The third kappa shape index (κ3) is 5.29. The molecule has 26 heavy (non-hydrogen) atoms. The average molecular weight is 369 g/mol. The summed E-state index contributed by atoms with van der Waals surface area (Å²) in [5.41, 5.74) is 2.60. The largest absolute Gasteiger partial charge is 0.372 e. The first-order valence-corrected chi connectivity index (χ1v) is 13.5. The van der Waals surface area contributed by atoms with Crippen molar-refractivity contribution in [2.75, 3.05) is 0 Å². The lowest BCUT2D eigenvalue weighted by molar-refractivity contribution is -0.0675. The first kappa shape index (κ1) is 19.3. The molecule has 0 bridgehead atoms. The molecule has 0 amide bonds. The number of hydrogen-bond acceptors (Lipinski definition) is 2. The Hall–Kier alpha value is -1.42. The van der Waals surface area contributed by atoms with E-state index in [1.54, 1.807) is 0 Å². The van der Waals surface area contributed by atoms with Crippen LogP contribution in [0.1, 0.15) is 30.4 Å². The Morgan fingerprint density at radius 1 is 1.00 bits per heavy atom. The van der Waals surface area contributed by atoms with E-state index in [0.29, 0.717) is 18.6 Å². The third-order valence-corrected chi connectivity index (χ3v) is 6.83. The van der Waals surface area contributed by atoms with Crippen LogP contribution in [0.5, 0.6) is 0 Å². The molecule has 4 atom stereocenters. The molecule has 0 saturated carbocycles. The van der Waals surface area contributed by atoms with Crippen molar-refractivity contribution in [3.8, 4) is 0 Å². The molecule has 1 fully saturated rings. The normalized spacial score (nSPS) is 24.5. The zero-order valence-corrected chi connectivity index (χ0v) is 17.5. The van der Waals surface area contributed by atoms with E-state index in [2.05, 4.69) is 81.2 Å². The van der Waals surface area contributed by atoms with Gasteiger partial charge in [-0.25, -0.2) is 0 Å². The summed E-state index contributed by atoms with van der Waals surface area (Å²) in [6, 6.07) is 22.4. The molecule has 2 nitrogen and oxygen atoms in total. The van der Waals surface area contributed by atoms with Crippen molar-refractivity contribution < 1.29 is 9.47 Å². The summed E-state index contributed by atoms with van der Waals surface area (Å²) in [6.07, 6.45) is 1.67. The van der Waals surface area contributed by atoms with E-state index in [9.17, 15) is 0 Å². The van der Waals surface area contributed by atoms with Gasteiger partial charge in [0.1, 0.15) is 0 Å². The smallest absolute Gasteiger partial charge is 0.0906 e. The second kappa shape index (κ2) is 8.51. The minimum atomic E-state index is -1.15. The molecule has 0 aromatic heterocycles. The molecule has 140 valence electrons. The molecule has 2 aromatic rings. The Morgan fingerprint density at radius 2 is 1.62 bits per heavy atom. The van der Waals surface area contributed by atoms with E-state index in [1.807, 2.05) is 6.07 Å². The zero-order valence-electron chi connectivity index (χ0n) is 16.5. The van der Waals surface area contributed by atoms with Crippen molar-refractivity contribution in [2.45, 2.75) is 69.9 Å². The summed E-state index contributed by atoms with van der Waals surface area (Å²) in [7, 11) is -1.15. The minimum absolute atomic E-state index is 0.0760. The maximum absolute atomic E-state index is 6.56. The molecule has 1 aliphatic rings. The van der Waals surface area contributed by atoms with Gasteiger partial charge in [0.05, 0.1) is 24.9 Å². The quantitative estimate of drug-likeness (QED) is 0.569. The highest BCUT2D eigenvalue weighted by molar-refractivity contribution is 6.76. The van der Waals surface area contributed by atoms with Gasteiger partial charge < -0.3 is 9.47 Å². The highest BCUT2D eigenvalue weighted by Gasteiger charge is 2.41. The Labute approximate surface area is 159 Å². The molecule has 3 heteroatoms. The molecule has 1 aliphatic heterocycles. The van der Waals surface area contributed by atoms with Gasteiger partial charge in [-0.1, -0.05) is 80.3 Å². The fourth-order valence-corrected chi connectivity index (χ4v) is 5.59. The van der Waals surface area contributed by atoms with E-state index in [-0.39, 0.29) is 12.2 Å². The van der Waals surface area contributed by atoms with Crippen molar-refractivity contribution >= 4 is 8.07 Å². The monoisotopic (exact) mass is 368 g/mol. The van der Waals surface area contributed by atoms with Crippen LogP contribution in [0.2, 0.25) is 25.7 Å². The van der Waals surface area contributed by atoms with E-state index >= 15 is 0 Å². The molecule has 1 heterocycles. The van der Waals surface area contributed by atoms with Crippen LogP contribution in [0, 0.1) is 0 Å². The van der Waals surface area contributed by atoms with Crippen molar-refractivity contribution in [3.63, 3.8) is 0 Å². The molecule has 0 radical (unpaired) electrons. The number of benzene rings is 2. The Kier molecular flexibility index (Phi) is 6.33.